The highest BCUT2D eigenvalue weighted by molar-refractivity contribution is 7.80. The van der Waals surface area contributed by atoms with Crippen LogP contribution in [-0.4, -0.2) is 23.1 Å². The van der Waals surface area contributed by atoms with Crippen LogP contribution in [0.15, 0.2) is 42.5 Å². The number of carbonyl (C=O) groups is 1. The SMILES string of the molecule is COc1ccc2nc(NC(=S)NC(=O)c3ccccc3F)sc2c1. The van der Waals surface area contributed by atoms with Crippen LogP contribution >= 0.6 is 23.6 Å². The van der Waals surface area contributed by atoms with Crippen molar-refractivity contribution in [3.8, 4) is 5.75 Å². The highest BCUT2D eigenvalue weighted by Gasteiger charge is 2.13. The molecule has 0 saturated heterocycles. The Balaban J connectivity index is 1.71. The molecule has 1 heterocycles. The summed E-state index contributed by atoms with van der Waals surface area (Å²) in [6.45, 7) is 0. The number of rotatable bonds is 3. The standard InChI is InChI=1S/C16H12FN3O2S2/c1-22-9-6-7-12-13(8-9)24-16(18-12)20-15(23)19-14(21)10-4-2-3-5-11(10)17/h2-8H,1H3,(H2,18,19,20,21,23). The van der Waals surface area contributed by atoms with Crippen LogP contribution in [0.4, 0.5) is 9.52 Å². The molecule has 2 N–H and O–H groups in total. The van der Waals surface area contributed by atoms with Gasteiger partial charge in [0, 0.05) is 0 Å². The van der Waals surface area contributed by atoms with Gasteiger partial charge in [-0.25, -0.2) is 9.37 Å². The molecule has 0 spiro atoms. The Bertz CT molecular complexity index is 927. The lowest BCUT2D eigenvalue weighted by atomic mass is 10.2. The summed E-state index contributed by atoms with van der Waals surface area (Å²) in [6.07, 6.45) is 0. The van der Waals surface area contributed by atoms with Crippen LogP contribution in [0.25, 0.3) is 10.2 Å². The summed E-state index contributed by atoms with van der Waals surface area (Å²) >= 11 is 6.45. The Morgan fingerprint density at radius 2 is 2.08 bits per heavy atom. The fraction of sp³-hybridized carbons (Fsp3) is 0.0625. The van der Waals surface area contributed by atoms with Crippen molar-refractivity contribution < 1.29 is 13.9 Å². The van der Waals surface area contributed by atoms with Crippen molar-refractivity contribution >= 4 is 49.9 Å². The monoisotopic (exact) mass is 361 g/mol. The molecule has 0 unspecified atom stereocenters. The fourth-order valence-corrected chi connectivity index (χ4v) is 3.18. The van der Waals surface area contributed by atoms with Crippen molar-refractivity contribution in [2.75, 3.05) is 12.4 Å². The Morgan fingerprint density at radius 3 is 2.83 bits per heavy atom. The molecule has 2 aromatic carbocycles. The van der Waals surface area contributed by atoms with E-state index in [2.05, 4.69) is 15.6 Å². The molecule has 0 bridgehead atoms. The number of ether oxygens (including phenoxy) is 1. The first-order chi connectivity index (χ1) is 11.6. The number of anilines is 1. The summed E-state index contributed by atoms with van der Waals surface area (Å²) in [5.74, 6) is -0.494. The molecule has 0 aliphatic heterocycles. The van der Waals surface area contributed by atoms with Gasteiger partial charge in [-0.3, -0.25) is 10.1 Å². The lowest BCUT2D eigenvalue weighted by Gasteiger charge is -2.07. The number of nitrogens with zero attached hydrogens (tertiary/aromatic N) is 1. The smallest absolute Gasteiger partial charge is 0.260 e. The number of carbonyl (C=O) groups excluding carboxylic acids is 1. The molecule has 122 valence electrons. The minimum atomic E-state index is -0.617. The van der Waals surface area contributed by atoms with Gasteiger partial charge >= 0.3 is 0 Å². The lowest BCUT2D eigenvalue weighted by Crippen LogP contribution is -2.34. The maximum Gasteiger partial charge on any atom is 0.260 e. The van der Waals surface area contributed by atoms with Gasteiger partial charge in [-0.15, -0.1) is 0 Å². The minimum Gasteiger partial charge on any atom is -0.497 e. The third-order valence-electron chi connectivity index (χ3n) is 3.16. The predicted octanol–water partition coefficient (Wildman–Crippen LogP) is 3.57. The van der Waals surface area contributed by atoms with Gasteiger partial charge < -0.3 is 10.1 Å². The van der Waals surface area contributed by atoms with E-state index >= 15 is 0 Å². The molecule has 0 fully saturated rings. The molecule has 0 saturated carbocycles. The number of thiocarbonyl (C=S) groups is 1. The van der Waals surface area contributed by atoms with E-state index in [9.17, 15) is 9.18 Å². The van der Waals surface area contributed by atoms with E-state index in [4.69, 9.17) is 17.0 Å². The zero-order valence-electron chi connectivity index (χ0n) is 12.5. The van der Waals surface area contributed by atoms with E-state index < -0.39 is 11.7 Å². The van der Waals surface area contributed by atoms with Crippen LogP contribution in [0, 0.1) is 5.82 Å². The predicted molar refractivity (Wildman–Crippen MR) is 96.3 cm³/mol. The van der Waals surface area contributed by atoms with E-state index in [1.54, 1.807) is 13.2 Å². The number of hydrogen-bond acceptors (Lipinski definition) is 5. The van der Waals surface area contributed by atoms with E-state index in [1.807, 2.05) is 18.2 Å². The van der Waals surface area contributed by atoms with Crippen molar-refractivity contribution in [2.24, 2.45) is 0 Å². The third kappa shape index (κ3) is 3.50. The fourth-order valence-electron chi connectivity index (χ4n) is 2.03. The number of thiazole rings is 1. The van der Waals surface area contributed by atoms with E-state index in [0.29, 0.717) is 5.13 Å². The molecule has 0 aliphatic carbocycles. The molecule has 0 atom stereocenters. The van der Waals surface area contributed by atoms with E-state index in [1.165, 1.54) is 29.5 Å². The number of methoxy groups -OCH3 is 1. The van der Waals surface area contributed by atoms with Crippen LogP contribution in [0.5, 0.6) is 5.75 Å². The van der Waals surface area contributed by atoms with Crippen molar-refractivity contribution in [2.45, 2.75) is 0 Å². The summed E-state index contributed by atoms with van der Waals surface area (Å²) in [5.41, 5.74) is 0.710. The number of amides is 1. The number of benzene rings is 2. The average molecular weight is 361 g/mol. The van der Waals surface area contributed by atoms with Crippen molar-refractivity contribution in [1.82, 2.24) is 10.3 Å². The van der Waals surface area contributed by atoms with Crippen LogP contribution < -0.4 is 15.4 Å². The van der Waals surface area contributed by atoms with Gasteiger partial charge in [-0.05, 0) is 42.5 Å². The first kappa shape index (κ1) is 16.3. The minimum absolute atomic E-state index is 0.0503. The molecule has 8 heteroatoms. The van der Waals surface area contributed by atoms with E-state index in [-0.39, 0.29) is 10.7 Å². The van der Waals surface area contributed by atoms with Crippen molar-refractivity contribution in [1.29, 1.82) is 0 Å². The number of hydrogen-bond donors (Lipinski definition) is 2. The second-order valence-corrected chi connectivity index (χ2v) is 6.18. The normalized spacial score (nSPS) is 10.4. The van der Waals surface area contributed by atoms with Crippen molar-refractivity contribution in [3.05, 3.63) is 53.8 Å². The van der Waals surface area contributed by atoms with E-state index in [0.717, 1.165) is 16.0 Å². The number of nitrogens with one attached hydrogen (secondary N) is 2. The third-order valence-corrected chi connectivity index (χ3v) is 4.30. The topological polar surface area (TPSA) is 63.2 Å². The molecule has 1 amide bonds. The largest absolute Gasteiger partial charge is 0.497 e. The van der Waals surface area contributed by atoms with Gasteiger partial charge in [0.1, 0.15) is 11.6 Å². The highest BCUT2D eigenvalue weighted by Crippen LogP contribution is 2.29. The van der Waals surface area contributed by atoms with Gasteiger partial charge in [0.25, 0.3) is 5.91 Å². The number of fused-ring (bicyclic) bond motifs is 1. The summed E-state index contributed by atoms with van der Waals surface area (Å²) in [7, 11) is 1.59. The summed E-state index contributed by atoms with van der Waals surface area (Å²) in [6, 6.07) is 11.2. The van der Waals surface area contributed by atoms with Crippen LogP contribution in [-0.2, 0) is 0 Å². The Kier molecular flexibility index (Phi) is 4.68. The Morgan fingerprint density at radius 1 is 1.29 bits per heavy atom. The molecule has 1 aromatic heterocycles. The van der Waals surface area contributed by atoms with Crippen molar-refractivity contribution in [3.63, 3.8) is 0 Å². The summed E-state index contributed by atoms with van der Waals surface area (Å²) in [5, 5.41) is 5.84. The van der Waals surface area contributed by atoms with Crippen LogP contribution in [0.3, 0.4) is 0 Å². The second-order valence-electron chi connectivity index (χ2n) is 4.74. The Labute approximate surface area is 146 Å². The summed E-state index contributed by atoms with van der Waals surface area (Å²) in [4.78, 5) is 16.4. The van der Waals surface area contributed by atoms with Crippen LogP contribution in [0.2, 0.25) is 0 Å². The molecular formula is C16H12FN3O2S2. The molecule has 0 aliphatic rings. The molecule has 24 heavy (non-hydrogen) atoms. The summed E-state index contributed by atoms with van der Waals surface area (Å²) < 4.78 is 19.7. The average Bonchev–Trinajstić information content (AvgIpc) is 2.95. The quantitative estimate of drug-likeness (QED) is 0.699. The molecule has 5 nitrogen and oxygen atoms in total. The molecule has 3 aromatic rings. The molecular weight excluding hydrogens is 349 g/mol. The lowest BCUT2D eigenvalue weighted by molar-refractivity contribution is 0.0974. The maximum atomic E-state index is 13.6. The van der Waals surface area contributed by atoms with Gasteiger partial charge in [0.15, 0.2) is 10.2 Å². The second kappa shape index (κ2) is 6.90. The zero-order valence-corrected chi connectivity index (χ0v) is 14.1. The van der Waals surface area contributed by atoms with Gasteiger partial charge in [-0.1, -0.05) is 23.5 Å². The van der Waals surface area contributed by atoms with Gasteiger partial charge in [0.2, 0.25) is 0 Å². The van der Waals surface area contributed by atoms with Crippen LogP contribution in [0.1, 0.15) is 10.4 Å². The maximum absolute atomic E-state index is 13.6. The first-order valence-corrected chi connectivity index (χ1v) is 8.11. The van der Waals surface area contributed by atoms with Gasteiger partial charge in [-0.2, -0.15) is 0 Å². The van der Waals surface area contributed by atoms with Gasteiger partial charge in [0.05, 0.1) is 22.9 Å². The first-order valence-electron chi connectivity index (χ1n) is 6.88. The Hall–Kier alpha value is -2.58. The zero-order chi connectivity index (χ0) is 17.1. The molecule has 0 radical (unpaired) electrons. The molecule has 3 rings (SSSR count). The number of halogens is 1. The number of aromatic nitrogens is 1. The highest BCUT2D eigenvalue weighted by atomic mass is 32.1.